The molecule has 0 aliphatic heterocycles. The van der Waals surface area contributed by atoms with Crippen LogP contribution in [0.4, 0.5) is 0 Å². The van der Waals surface area contributed by atoms with Gasteiger partial charge in [-0.15, -0.1) is 11.6 Å². The lowest BCUT2D eigenvalue weighted by Gasteiger charge is -2.07. The lowest BCUT2D eigenvalue weighted by molar-refractivity contribution is 0.775. The first-order valence-electron chi connectivity index (χ1n) is 6.19. The van der Waals surface area contributed by atoms with E-state index in [1.54, 1.807) is 6.20 Å². The third-order valence-electron chi connectivity index (χ3n) is 3.24. The van der Waals surface area contributed by atoms with Gasteiger partial charge in [-0.3, -0.25) is 4.98 Å². The summed E-state index contributed by atoms with van der Waals surface area (Å²) in [6.07, 6.45) is 3.65. The van der Waals surface area contributed by atoms with Crippen LogP contribution < -0.4 is 0 Å². The van der Waals surface area contributed by atoms with Gasteiger partial charge in [0.25, 0.3) is 0 Å². The number of aromatic nitrogens is 3. The van der Waals surface area contributed by atoms with Crippen molar-refractivity contribution in [3.63, 3.8) is 0 Å². The summed E-state index contributed by atoms with van der Waals surface area (Å²) in [7, 11) is 0. The maximum atomic E-state index is 6.02. The Morgan fingerprint density at radius 2 is 2.11 bits per heavy atom. The third-order valence-corrected chi connectivity index (χ3v) is 3.48. The molecule has 0 unspecified atom stereocenters. The highest BCUT2D eigenvalue weighted by atomic mass is 35.5. The van der Waals surface area contributed by atoms with Gasteiger partial charge in [0.2, 0.25) is 0 Å². The van der Waals surface area contributed by atoms with Crippen molar-refractivity contribution in [2.45, 2.75) is 19.3 Å². The van der Waals surface area contributed by atoms with Crippen molar-refractivity contribution in [2.24, 2.45) is 0 Å². The van der Waals surface area contributed by atoms with E-state index in [2.05, 4.69) is 45.7 Å². The normalized spacial score (nSPS) is 11.1. The van der Waals surface area contributed by atoms with Crippen molar-refractivity contribution in [3.05, 3.63) is 59.7 Å². The Hall–Kier alpha value is -1.87. The zero-order chi connectivity index (χ0) is 13.2. The molecule has 0 atom stereocenters. The molecule has 0 saturated heterocycles. The zero-order valence-electron chi connectivity index (χ0n) is 10.7. The number of imidazole rings is 1. The van der Waals surface area contributed by atoms with E-state index in [4.69, 9.17) is 11.6 Å². The van der Waals surface area contributed by atoms with Crippen LogP contribution in [0.2, 0.25) is 0 Å². The van der Waals surface area contributed by atoms with E-state index in [0.29, 0.717) is 5.88 Å². The van der Waals surface area contributed by atoms with Crippen LogP contribution in [0.3, 0.4) is 0 Å². The Morgan fingerprint density at radius 1 is 1.21 bits per heavy atom. The van der Waals surface area contributed by atoms with Gasteiger partial charge in [-0.2, -0.15) is 0 Å². The van der Waals surface area contributed by atoms with Gasteiger partial charge in [0.05, 0.1) is 23.5 Å². The first-order chi connectivity index (χ1) is 9.29. The Morgan fingerprint density at radius 3 is 2.84 bits per heavy atom. The van der Waals surface area contributed by atoms with Crippen molar-refractivity contribution in [1.82, 2.24) is 14.5 Å². The molecule has 0 amide bonds. The first kappa shape index (κ1) is 12.2. The number of fused-ring (bicyclic) bond motifs is 1. The van der Waals surface area contributed by atoms with Gasteiger partial charge in [0, 0.05) is 12.4 Å². The fraction of sp³-hybridized carbons (Fsp3) is 0.200. The van der Waals surface area contributed by atoms with Gasteiger partial charge >= 0.3 is 0 Å². The molecule has 19 heavy (non-hydrogen) atoms. The lowest BCUT2D eigenvalue weighted by Crippen LogP contribution is -2.03. The van der Waals surface area contributed by atoms with Crippen LogP contribution >= 0.6 is 11.6 Å². The highest BCUT2D eigenvalue weighted by Crippen LogP contribution is 2.21. The van der Waals surface area contributed by atoms with Gasteiger partial charge in [-0.05, 0) is 30.2 Å². The molecule has 3 rings (SSSR count). The number of rotatable bonds is 3. The minimum Gasteiger partial charge on any atom is -0.322 e. The van der Waals surface area contributed by atoms with Gasteiger partial charge in [-0.25, -0.2) is 4.98 Å². The molecular formula is C15H14ClN3. The number of pyridine rings is 1. The van der Waals surface area contributed by atoms with E-state index < -0.39 is 0 Å². The average Bonchev–Trinajstić information content (AvgIpc) is 2.80. The van der Waals surface area contributed by atoms with Crippen LogP contribution in [0.5, 0.6) is 0 Å². The Kier molecular flexibility index (Phi) is 3.22. The van der Waals surface area contributed by atoms with Crippen LogP contribution in [-0.4, -0.2) is 14.5 Å². The number of alkyl halides is 1. The van der Waals surface area contributed by atoms with Crippen LogP contribution in [0.1, 0.15) is 17.0 Å². The van der Waals surface area contributed by atoms with E-state index >= 15 is 0 Å². The largest absolute Gasteiger partial charge is 0.322 e. The van der Waals surface area contributed by atoms with Crippen molar-refractivity contribution >= 4 is 22.6 Å². The molecule has 0 saturated carbocycles. The molecule has 0 N–H and O–H groups in total. The molecule has 3 aromatic rings. The summed E-state index contributed by atoms with van der Waals surface area (Å²) in [6.45, 7) is 2.82. The van der Waals surface area contributed by atoms with Crippen molar-refractivity contribution in [2.75, 3.05) is 0 Å². The monoisotopic (exact) mass is 271 g/mol. The van der Waals surface area contributed by atoms with Gasteiger partial charge in [-0.1, -0.05) is 18.2 Å². The summed E-state index contributed by atoms with van der Waals surface area (Å²) in [4.78, 5) is 8.79. The molecule has 0 bridgehead atoms. The predicted molar refractivity (Wildman–Crippen MR) is 77.4 cm³/mol. The SMILES string of the molecule is Cc1cccc2c1nc(CCl)n2Cc1cccnc1. The minimum atomic E-state index is 0.411. The zero-order valence-corrected chi connectivity index (χ0v) is 11.4. The molecule has 0 aliphatic rings. The van der Waals surface area contributed by atoms with Crippen molar-refractivity contribution < 1.29 is 0 Å². The Labute approximate surface area is 116 Å². The smallest absolute Gasteiger partial charge is 0.125 e. The molecule has 0 fully saturated rings. The fourth-order valence-electron chi connectivity index (χ4n) is 2.29. The molecule has 2 aromatic heterocycles. The molecule has 3 nitrogen and oxygen atoms in total. The van der Waals surface area contributed by atoms with Crippen LogP contribution in [-0.2, 0) is 12.4 Å². The topological polar surface area (TPSA) is 30.7 Å². The van der Waals surface area contributed by atoms with Crippen molar-refractivity contribution in [3.8, 4) is 0 Å². The second kappa shape index (κ2) is 5.02. The molecule has 96 valence electrons. The summed E-state index contributed by atoms with van der Waals surface area (Å²) < 4.78 is 2.16. The van der Waals surface area contributed by atoms with Crippen LogP contribution in [0, 0.1) is 6.92 Å². The minimum absolute atomic E-state index is 0.411. The third kappa shape index (κ3) is 2.22. The summed E-state index contributed by atoms with van der Waals surface area (Å²) in [5.41, 5.74) is 4.48. The highest BCUT2D eigenvalue weighted by Gasteiger charge is 2.11. The second-order valence-corrected chi connectivity index (χ2v) is 4.82. The summed E-state index contributed by atoms with van der Waals surface area (Å²) >= 11 is 6.02. The maximum Gasteiger partial charge on any atom is 0.125 e. The Bertz CT molecular complexity index is 704. The number of hydrogen-bond donors (Lipinski definition) is 0. The number of hydrogen-bond acceptors (Lipinski definition) is 2. The van der Waals surface area contributed by atoms with E-state index in [1.807, 2.05) is 12.3 Å². The average molecular weight is 272 g/mol. The van der Waals surface area contributed by atoms with Gasteiger partial charge < -0.3 is 4.57 Å². The number of halogens is 1. The molecule has 0 aliphatic carbocycles. The number of aryl methyl sites for hydroxylation is 1. The molecule has 0 spiro atoms. The molecule has 0 radical (unpaired) electrons. The van der Waals surface area contributed by atoms with Crippen molar-refractivity contribution in [1.29, 1.82) is 0 Å². The van der Waals surface area contributed by atoms with E-state index in [1.165, 1.54) is 5.56 Å². The molecule has 2 heterocycles. The summed E-state index contributed by atoms with van der Waals surface area (Å²) in [5.74, 6) is 1.31. The maximum absolute atomic E-state index is 6.02. The lowest BCUT2D eigenvalue weighted by atomic mass is 10.2. The van der Waals surface area contributed by atoms with E-state index in [9.17, 15) is 0 Å². The van der Waals surface area contributed by atoms with E-state index in [0.717, 1.165) is 29.0 Å². The first-order valence-corrected chi connectivity index (χ1v) is 6.72. The molecule has 4 heteroatoms. The van der Waals surface area contributed by atoms with Crippen LogP contribution in [0.25, 0.3) is 11.0 Å². The predicted octanol–water partition coefficient (Wildman–Crippen LogP) is 3.53. The van der Waals surface area contributed by atoms with Crippen LogP contribution in [0.15, 0.2) is 42.7 Å². The molecular weight excluding hydrogens is 258 g/mol. The van der Waals surface area contributed by atoms with Gasteiger partial charge in [0.1, 0.15) is 5.82 Å². The number of nitrogens with zero attached hydrogens (tertiary/aromatic N) is 3. The van der Waals surface area contributed by atoms with E-state index in [-0.39, 0.29) is 0 Å². The number of para-hydroxylation sites is 1. The number of benzene rings is 1. The highest BCUT2D eigenvalue weighted by molar-refractivity contribution is 6.16. The summed E-state index contributed by atoms with van der Waals surface area (Å²) in [5, 5.41) is 0. The quantitative estimate of drug-likeness (QED) is 0.683. The standard InChI is InChI=1S/C15H14ClN3/c1-11-4-2-6-13-15(11)18-14(8-16)19(13)10-12-5-3-7-17-9-12/h2-7,9H,8,10H2,1H3. The Balaban J connectivity index is 2.14. The molecule has 1 aromatic carbocycles. The second-order valence-electron chi connectivity index (χ2n) is 4.55. The van der Waals surface area contributed by atoms with Gasteiger partial charge in [0.15, 0.2) is 0 Å². The summed E-state index contributed by atoms with van der Waals surface area (Å²) in [6, 6.07) is 10.2. The fourth-order valence-corrected chi connectivity index (χ4v) is 2.49.